The van der Waals surface area contributed by atoms with Crippen molar-refractivity contribution in [1.29, 1.82) is 0 Å². The van der Waals surface area contributed by atoms with Gasteiger partial charge in [-0.05, 0) is 49.3 Å². The van der Waals surface area contributed by atoms with Crippen LogP contribution in [0, 0.1) is 13.8 Å². The summed E-state index contributed by atoms with van der Waals surface area (Å²) in [6, 6.07) is 17.7. The van der Waals surface area contributed by atoms with Crippen LogP contribution in [0.2, 0.25) is 10.0 Å². The van der Waals surface area contributed by atoms with Gasteiger partial charge in [0, 0.05) is 12.3 Å². The predicted molar refractivity (Wildman–Crippen MR) is 135 cm³/mol. The molecule has 0 saturated heterocycles. The van der Waals surface area contributed by atoms with E-state index in [-0.39, 0.29) is 0 Å². The minimum absolute atomic E-state index is 0.454. The number of halogens is 2. The topological polar surface area (TPSA) is 59.7 Å². The third-order valence-electron chi connectivity index (χ3n) is 5.01. The van der Waals surface area contributed by atoms with Crippen molar-refractivity contribution in [3.8, 4) is 0 Å². The van der Waals surface area contributed by atoms with Crippen molar-refractivity contribution in [3.63, 3.8) is 0 Å². The molecule has 0 spiro atoms. The Morgan fingerprint density at radius 1 is 0.906 bits per heavy atom. The molecular weight excluding hydrogens is 463 g/mol. The molecule has 0 aliphatic heterocycles. The lowest BCUT2D eigenvalue weighted by Crippen LogP contribution is -2.20. The van der Waals surface area contributed by atoms with E-state index in [1.165, 1.54) is 5.56 Å². The van der Waals surface area contributed by atoms with Crippen molar-refractivity contribution >= 4 is 52.0 Å². The van der Waals surface area contributed by atoms with Gasteiger partial charge in [-0.1, -0.05) is 59.6 Å². The van der Waals surface area contributed by atoms with E-state index in [9.17, 15) is 0 Å². The lowest BCUT2D eigenvalue weighted by Gasteiger charge is -2.10. The minimum Gasteiger partial charge on any atom is -0.329 e. The molecule has 0 saturated carbocycles. The van der Waals surface area contributed by atoms with Crippen LogP contribution in [-0.2, 0) is 13.1 Å². The number of aromatic nitrogens is 4. The lowest BCUT2D eigenvalue weighted by atomic mass is 10.2. The molecule has 0 unspecified atom stereocenters. The van der Waals surface area contributed by atoms with Gasteiger partial charge in [0.15, 0.2) is 10.9 Å². The van der Waals surface area contributed by atoms with E-state index in [0.29, 0.717) is 34.1 Å². The summed E-state index contributed by atoms with van der Waals surface area (Å²) in [5, 5.41) is 17.1. The zero-order valence-corrected chi connectivity index (χ0v) is 20.0. The Bertz CT molecular complexity index is 1250. The van der Waals surface area contributed by atoms with Crippen molar-refractivity contribution in [2.45, 2.75) is 26.9 Å². The first kappa shape index (κ1) is 22.3. The summed E-state index contributed by atoms with van der Waals surface area (Å²) in [5.41, 5.74) is 4.88. The van der Waals surface area contributed by atoms with Gasteiger partial charge >= 0.3 is 0 Å². The zero-order valence-electron chi connectivity index (χ0n) is 17.6. The first-order valence-corrected chi connectivity index (χ1v) is 11.2. The fourth-order valence-corrected chi connectivity index (χ4v) is 3.92. The van der Waals surface area contributed by atoms with Gasteiger partial charge in [-0.3, -0.25) is 9.36 Å². The average molecular weight is 485 g/mol. The summed E-state index contributed by atoms with van der Waals surface area (Å²) in [6.45, 7) is 5.21. The molecule has 0 amide bonds. The molecular formula is C23H22Cl2N6S. The Kier molecular flexibility index (Phi) is 6.79. The van der Waals surface area contributed by atoms with Gasteiger partial charge in [0.2, 0.25) is 0 Å². The number of hydrogen-bond donors (Lipinski definition) is 2. The van der Waals surface area contributed by atoms with Gasteiger partial charge in [0.25, 0.3) is 0 Å². The number of aryl methyl sites for hydroxylation is 1. The maximum atomic E-state index is 6.14. The highest BCUT2D eigenvalue weighted by Gasteiger charge is 2.14. The van der Waals surface area contributed by atoms with E-state index in [1.54, 1.807) is 6.07 Å². The molecule has 2 aromatic carbocycles. The molecule has 2 aromatic heterocycles. The molecule has 4 rings (SSSR count). The summed E-state index contributed by atoms with van der Waals surface area (Å²) in [4.78, 5) is 0. The van der Waals surface area contributed by atoms with E-state index < -0.39 is 0 Å². The average Bonchev–Trinajstić information content (AvgIpc) is 3.30. The smallest absolute Gasteiger partial charge is 0.176 e. The number of nitrogens with zero attached hydrogens (tertiary/aromatic N) is 4. The Labute approximate surface area is 202 Å². The van der Waals surface area contributed by atoms with E-state index in [4.69, 9.17) is 35.4 Å². The van der Waals surface area contributed by atoms with Gasteiger partial charge in [0.1, 0.15) is 0 Å². The van der Waals surface area contributed by atoms with Gasteiger partial charge in [-0.15, -0.1) is 0 Å². The van der Waals surface area contributed by atoms with Crippen LogP contribution in [0.5, 0.6) is 0 Å². The molecule has 32 heavy (non-hydrogen) atoms. The summed E-state index contributed by atoms with van der Waals surface area (Å²) >= 11 is 17.7. The molecule has 0 aliphatic carbocycles. The summed E-state index contributed by atoms with van der Waals surface area (Å²) < 4.78 is 3.78. The fourth-order valence-electron chi connectivity index (χ4n) is 3.39. The minimum atomic E-state index is 0.454. The van der Waals surface area contributed by atoms with Gasteiger partial charge in [-0.25, -0.2) is 0 Å². The number of benzene rings is 2. The standard InChI is InChI=1S/C23H22Cl2N6S/c1-15-22(16(2)31(28-15)14-18-8-9-19(24)20(25)12-18)27-23(32)26-21-10-11-30(29-21)13-17-6-4-3-5-7-17/h3-12H,13-14H2,1-2H3,(H2,26,27,29,32). The highest BCUT2D eigenvalue weighted by molar-refractivity contribution is 7.80. The number of rotatable bonds is 6. The van der Waals surface area contributed by atoms with Crippen LogP contribution in [0.3, 0.4) is 0 Å². The van der Waals surface area contributed by atoms with Crippen LogP contribution < -0.4 is 10.6 Å². The predicted octanol–water partition coefficient (Wildman–Crippen LogP) is 5.91. The Hall–Kier alpha value is -2.87. The second kappa shape index (κ2) is 9.73. The van der Waals surface area contributed by atoms with Crippen LogP contribution >= 0.6 is 35.4 Å². The third kappa shape index (κ3) is 5.30. The monoisotopic (exact) mass is 484 g/mol. The Balaban J connectivity index is 1.41. The number of anilines is 2. The van der Waals surface area contributed by atoms with Crippen LogP contribution in [0.15, 0.2) is 60.8 Å². The van der Waals surface area contributed by atoms with Gasteiger partial charge in [-0.2, -0.15) is 10.2 Å². The molecule has 4 aromatic rings. The van der Waals surface area contributed by atoms with Crippen molar-refractivity contribution in [2.75, 3.05) is 10.6 Å². The molecule has 0 atom stereocenters. The maximum absolute atomic E-state index is 6.14. The quantitative estimate of drug-likeness (QED) is 0.333. The Morgan fingerprint density at radius 2 is 1.69 bits per heavy atom. The van der Waals surface area contributed by atoms with Crippen molar-refractivity contribution in [3.05, 3.63) is 93.4 Å². The van der Waals surface area contributed by atoms with E-state index in [2.05, 4.69) is 33.0 Å². The highest BCUT2D eigenvalue weighted by Crippen LogP contribution is 2.25. The van der Waals surface area contributed by atoms with E-state index in [0.717, 1.165) is 22.6 Å². The number of nitrogens with one attached hydrogen (secondary N) is 2. The van der Waals surface area contributed by atoms with Crippen LogP contribution in [0.25, 0.3) is 0 Å². The molecule has 2 N–H and O–H groups in total. The third-order valence-corrected chi connectivity index (χ3v) is 5.95. The van der Waals surface area contributed by atoms with E-state index >= 15 is 0 Å². The summed E-state index contributed by atoms with van der Waals surface area (Å²) in [5.74, 6) is 0.678. The largest absolute Gasteiger partial charge is 0.329 e. The van der Waals surface area contributed by atoms with Crippen molar-refractivity contribution < 1.29 is 0 Å². The first-order valence-electron chi connectivity index (χ1n) is 10.0. The number of hydrogen-bond acceptors (Lipinski definition) is 3. The molecule has 6 nitrogen and oxygen atoms in total. The zero-order chi connectivity index (χ0) is 22.7. The van der Waals surface area contributed by atoms with Crippen LogP contribution in [0.1, 0.15) is 22.5 Å². The second-order valence-electron chi connectivity index (χ2n) is 7.42. The first-order chi connectivity index (χ1) is 15.4. The Morgan fingerprint density at radius 3 is 2.44 bits per heavy atom. The summed E-state index contributed by atoms with van der Waals surface area (Å²) in [6.07, 6.45) is 1.92. The highest BCUT2D eigenvalue weighted by atomic mass is 35.5. The van der Waals surface area contributed by atoms with E-state index in [1.807, 2.05) is 65.8 Å². The molecule has 0 radical (unpaired) electrons. The maximum Gasteiger partial charge on any atom is 0.176 e. The van der Waals surface area contributed by atoms with Crippen LogP contribution in [0.4, 0.5) is 11.5 Å². The second-order valence-corrected chi connectivity index (χ2v) is 8.64. The number of thiocarbonyl (C=S) groups is 1. The lowest BCUT2D eigenvalue weighted by molar-refractivity contribution is 0.659. The molecule has 164 valence electrons. The molecule has 0 fully saturated rings. The molecule has 0 aliphatic rings. The molecule has 2 heterocycles. The normalized spacial score (nSPS) is 10.9. The van der Waals surface area contributed by atoms with Crippen molar-refractivity contribution in [1.82, 2.24) is 19.6 Å². The van der Waals surface area contributed by atoms with Crippen LogP contribution in [-0.4, -0.2) is 24.7 Å². The summed E-state index contributed by atoms with van der Waals surface area (Å²) in [7, 11) is 0. The SMILES string of the molecule is Cc1nn(Cc2ccc(Cl)c(Cl)c2)c(C)c1NC(=S)Nc1ccn(Cc2ccccc2)n1. The van der Waals surface area contributed by atoms with Gasteiger partial charge in [0.05, 0.1) is 40.2 Å². The molecule has 0 bridgehead atoms. The fraction of sp³-hybridized carbons (Fsp3) is 0.174. The van der Waals surface area contributed by atoms with Crippen molar-refractivity contribution in [2.24, 2.45) is 0 Å². The molecule has 9 heteroatoms. The van der Waals surface area contributed by atoms with Gasteiger partial charge < -0.3 is 10.6 Å².